The van der Waals surface area contributed by atoms with Gasteiger partial charge in [-0.05, 0) is 18.6 Å². The molecule has 0 spiro atoms. The van der Waals surface area contributed by atoms with Gasteiger partial charge in [-0.15, -0.1) is 0 Å². The fraction of sp³-hybridized carbons (Fsp3) is 0.0952. The summed E-state index contributed by atoms with van der Waals surface area (Å²) in [5, 5.41) is 17.1. The largest absolute Gasteiger partial charge is 0.444 e. The van der Waals surface area contributed by atoms with Crippen molar-refractivity contribution in [2.75, 3.05) is 5.32 Å². The molecule has 2 aromatic carbocycles. The van der Waals surface area contributed by atoms with E-state index in [0.717, 1.165) is 6.08 Å². The molecule has 0 aliphatic rings. The van der Waals surface area contributed by atoms with E-state index in [1.807, 2.05) is 0 Å². The summed E-state index contributed by atoms with van der Waals surface area (Å²) in [6.07, 6.45) is 1.24. The molecular formula is C21H17N3O6. The standard InChI is InChI=1S/C21H17N3O6/c1-14-12-18(23-30-14)22-21(26)20(16-7-3-2-4-8-16)29-19(25)11-10-15-6-5-9-17(13-15)24(27)28/h2-13,20H,1H3,(H,22,23,26)/b11-10+. The van der Waals surface area contributed by atoms with Gasteiger partial charge in [-0.1, -0.05) is 47.6 Å². The summed E-state index contributed by atoms with van der Waals surface area (Å²) in [5.74, 6) is -0.687. The lowest BCUT2D eigenvalue weighted by atomic mass is 10.1. The summed E-state index contributed by atoms with van der Waals surface area (Å²) in [6, 6.07) is 15.8. The Bertz CT molecular complexity index is 1090. The molecule has 1 N–H and O–H groups in total. The summed E-state index contributed by atoms with van der Waals surface area (Å²) in [4.78, 5) is 35.3. The van der Waals surface area contributed by atoms with E-state index in [-0.39, 0.29) is 11.5 Å². The molecule has 1 unspecified atom stereocenters. The van der Waals surface area contributed by atoms with Crippen LogP contribution in [-0.2, 0) is 14.3 Å². The van der Waals surface area contributed by atoms with Gasteiger partial charge in [0.05, 0.1) is 4.92 Å². The van der Waals surface area contributed by atoms with Crippen LogP contribution in [0.3, 0.4) is 0 Å². The highest BCUT2D eigenvalue weighted by atomic mass is 16.6. The molecule has 9 heteroatoms. The first kappa shape index (κ1) is 20.5. The number of anilines is 1. The van der Waals surface area contributed by atoms with Gasteiger partial charge in [0.1, 0.15) is 5.76 Å². The number of ether oxygens (including phenoxy) is 1. The first-order chi connectivity index (χ1) is 14.4. The number of hydrogen-bond donors (Lipinski definition) is 1. The van der Waals surface area contributed by atoms with E-state index >= 15 is 0 Å². The van der Waals surface area contributed by atoms with Crippen LogP contribution in [0, 0.1) is 17.0 Å². The van der Waals surface area contributed by atoms with E-state index in [9.17, 15) is 19.7 Å². The Morgan fingerprint density at radius 2 is 1.93 bits per heavy atom. The molecule has 0 saturated carbocycles. The number of nitro groups is 1. The van der Waals surface area contributed by atoms with Crippen molar-refractivity contribution < 1.29 is 23.8 Å². The summed E-state index contributed by atoms with van der Waals surface area (Å²) in [5.41, 5.74) is 0.808. The topological polar surface area (TPSA) is 125 Å². The maximum Gasteiger partial charge on any atom is 0.331 e. The van der Waals surface area contributed by atoms with Crippen molar-refractivity contribution in [2.24, 2.45) is 0 Å². The highest BCUT2D eigenvalue weighted by molar-refractivity contribution is 5.97. The van der Waals surface area contributed by atoms with Crippen LogP contribution in [0.2, 0.25) is 0 Å². The number of esters is 1. The van der Waals surface area contributed by atoms with Crippen LogP contribution >= 0.6 is 0 Å². The molecule has 1 amide bonds. The van der Waals surface area contributed by atoms with Crippen LogP contribution < -0.4 is 5.32 Å². The van der Waals surface area contributed by atoms with Crippen LogP contribution in [0.4, 0.5) is 11.5 Å². The average molecular weight is 407 g/mol. The number of non-ortho nitro benzene ring substituents is 1. The van der Waals surface area contributed by atoms with Crippen molar-refractivity contribution in [3.8, 4) is 0 Å². The molecule has 0 radical (unpaired) electrons. The molecule has 1 heterocycles. The molecule has 0 aliphatic heterocycles. The zero-order valence-electron chi connectivity index (χ0n) is 15.8. The smallest absolute Gasteiger partial charge is 0.331 e. The normalized spacial score (nSPS) is 11.8. The van der Waals surface area contributed by atoms with E-state index in [1.54, 1.807) is 43.3 Å². The van der Waals surface area contributed by atoms with Crippen molar-refractivity contribution in [1.82, 2.24) is 5.16 Å². The Morgan fingerprint density at radius 3 is 2.60 bits per heavy atom. The third kappa shape index (κ3) is 5.38. The van der Waals surface area contributed by atoms with Crippen LogP contribution in [-0.4, -0.2) is 22.0 Å². The third-order valence-electron chi connectivity index (χ3n) is 3.95. The van der Waals surface area contributed by atoms with Gasteiger partial charge >= 0.3 is 5.97 Å². The van der Waals surface area contributed by atoms with E-state index in [4.69, 9.17) is 9.26 Å². The summed E-state index contributed by atoms with van der Waals surface area (Å²) < 4.78 is 10.3. The first-order valence-electron chi connectivity index (χ1n) is 8.84. The summed E-state index contributed by atoms with van der Waals surface area (Å²) in [6.45, 7) is 1.68. The molecule has 3 rings (SSSR count). The molecule has 30 heavy (non-hydrogen) atoms. The van der Waals surface area contributed by atoms with Gasteiger partial charge in [0.2, 0.25) is 6.10 Å². The molecule has 3 aromatic rings. The average Bonchev–Trinajstić information content (AvgIpc) is 3.15. The monoisotopic (exact) mass is 407 g/mol. The number of amides is 1. The molecular weight excluding hydrogens is 390 g/mol. The Hall–Kier alpha value is -4.27. The molecule has 1 aromatic heterocycles. The number of aryl methyl sites for hydroxylation is 1. The lowest BCUT2D eigenvalue weighted by Gasteiger charge is -2.16. The zero-order chi connectivity index (χ0) is 21.5. The minimum Gasteiger partial charge on any atom is -0.444 e. The van der Waals surface area contributed by atoms with Gasteiger partial charge in [-0.25, -0.2) is 4.79 Å². The zero-order valence-corrected chi connectivity index (χ0v) is 15.8. The number of rotatable bonds is 7. The number of carbonyl (C=O) groups excluding carboxylic acids is 2. The maximum atomic E-state index is 12.7. The van der Waals surface area contributed by atoms with E-state index in [1.165, 1.54) is 30.3 Å². The Morgan fingerprint density at radius 1 is 1.17 bits per heavy atom. The first-order valence-corrected chi connectivity index (χ1v) is 8.84. The van der Waals surface area contributed by atoms with Crippen LogP contribution in [0.5, 0.6) is 0 Å². The van der Waals surface area contributed by atoms with Gasteiger partial charge in [-0.2, -0.15) is 0 Å². The number of hydrogen-bond acceptors (Lipinski definition) is 7. The van der Waals surface area contributed by atoms with Crippen molar-refractivity contribution in [1.29, 1.82) is 0 Å². The lowest BCUT2D eigenvalue weighted by Crippen LogP contribution is -2.25. The number of aromatic nitrogens is 1. The fourth-order valence-electron chi connectivity index (χ4n) is 2.58. The van der Waals surface area contributed by atoms with Gasteiger partial charge in [0.25, 0.3) is 11.6 Å². The number of nitrogens with one attached hydrogen (secondary N) is 1. The molecule has 9 nitrogen and oxygen atoms in total. The van der Waals surface area contributed by atoms with E-state index in [0.29, 0.717) is 16.9 Å². The summed E-state index contributed by atoms with van der Waals surface area (Å²) in [7, 11) is 0. The fourth-order valence-corrected chi connectivity index (χ4v) is 2.58. The van der Waals surface area contributed by atoms with Gasteiger partial charge < -0.3 is 14.6 Å². The second kappa shape index (κ2) is 9.28. The lowest BCUT2D eigenvalue weighted by molar-refractivity contribution is -0.384. The van der Waals surface area contributed by atoms with Crippen LogP contribution in [0.25, 0.3) is 6.08 Å². The molecule has 0 aliphatic carbocycles. The molecule has 152 valence electrons. The van der Waals surface area contributed by atoms with Crippen molar-refractivity contribution in [2.45, 2.75) is 13.0 Å². The maximum absolute atomic E-state index is 12.7. The SMILES string of the molecule is Cc1cc(NC(=O)C(OC(=O)/C=C/c2cccc([N+](=O)[O-])c2)c2ccccc2)no1. The van der Waals surface area contributed by atoms with Crippen molar-refractivity contribution in [3.63, 3.8) is 0 Å². The predicted octanol–water partition coefficient (Wildman–Crippen LogP) is 3.83. The van der Waals surface area contributed by atoms with Crippen molar-refractivity contribution in [3.05, 3.63) is 93.7 Å². The minimum absolute atomic E-state index is 0.102. The van der Waals surface area contributed by atoms with Gasteiger partial charge in [0, 0.05) is 29.8 Å². The summed E-state index contributed by atoms with van der Waals surface area (Å²) >= 11 is 0. The van der Waals surface area contributed by atoms with Gasteiger partial charge in [0.15, 0.2) is 5.82 Å². The number of carbonyl (C=O) groups is 2. The molecule has 1 atom stereocenters. The number of nitro benzene ring substituents is 1. The highest BCUT2D eigenvalue weighted by Gasteiger charge is 2.25. The molecule has 0 bridgehead atoms. The second-order valence-electron chi connectivity index (χ2n) is 6.23. The second-order valence-corrected chi connectivity index (χ2v) is 6.23. The van der Waals surface area contributed by atoms with E-state index in [2.05, 4.69) is 10.5 Å². The Kier molecular flexibility index (Phi) is 6.33. The van der Waals surface area contributed by atoms with Gasteiger partial charge in [-0.3, -0.25) is 14.9 Å². The Balaban J connectivity index is 1.75. The highest BCUT2D eigenvalue weighted by Crippen LogP contribution is 2.21. The number of nitrogens with zero attached hydrogens (tertiary/aromatic N) is 2. The van der Waals surface area contributed by atoms with Crippen molar-refractivity contribution >= 4 is 29.5 Å². The Labute approximate surface area is 171 Å². The predicted molar refractivity (Wildman–Crippen MR) is 107 cm³/mol. The van der Waals surface area contributed by atoms with Crippen LogP contribution in [0.15, 0.2) is 71.3 Å². The molecule has 0 fully saturated rings. The third-order valence-corrected chi connectivity index (χ3v) is 3.95. The van der Waals surface area contributed by atoms with Crippen LogP contribution in [0.1, 0.15) is 23.0 Å². The molecule has 0 saturated heterocycles. The quantitative estimate of drug-likeness (QED) is 0.273. The number of benzene rings is 2. The minimum atomic E-state index is -1.23. The van der Waals surface area contributed by atoms with E-state index < -0.39 is 22.9 Å².